The number of benzene rings is 2. The molecule has 0 unspecified atom stereocenters. The number of hydrogen-bond donors (Lipinski definition) is 18. The number of aromatic hydroxyl groups is 1. The number of aliphatic carboxylic acids is 2. The van der Waals surface area contributed by atoms with Gasteiger partial charge in [0.25, 0.3) is 0 Å². The molecule has 1 aliphatic heterocycles. The molecule has 2 aromatic carbocycles. The second-order valence-corrected chi connectivity index (χ2v) is 24.8. The van der Waals surface area contributed by atoms with Crippen LogP contribution in [0.25, 0.3) is 10.9 Å². The van der Waals surface area contributed by atoms with E-state index in [0.29, 0.717) is 22.0 Å². The van der Waals surface area contributed by atoms with Gasteiger partial charge in [0.05, 0.1) is 31.8 Å². The molecule has 518 valence electrons. The van der Waals surface area contributed by atoms with Crippen molar-refractivity contribution in [1.82, 2.24) is 57.7 Å². The molecular weight excluding hydrogens is 1250 g/mol. The number of aromatic nitrogens is 1. The maximum atomic E-state index is 14.6. The largest absolute Gasteiger partial charge is 0.508 e. The van der Waals surface area contributed by atoms with Gasteiger partial charge in [0.2, 0.25) is 65.0 Å². The summed E-state index contributed by atoms with van der Waals surface area (Å²) < 4.78 is 0. The molecule has 1 aromatic heterocycles. The third kappa shape index (κ3) is 24.2. The molecular formula is C61H89N13O19S. The number of primary amides is 1. The molecule has 4 rings (SSSR count). The van der Waals surface area contributed by atoms with Crippen LogP contribution in [0.3, 0.4) is 0 Å². The van der Waals surface area contributed by atoms with Crippen molar-refractivity contribution in [2.45, 2.75) is 171 Å². The third-order valence-electron chi connectivity index (χ3n) is 15.2. The van der Waals surface area contributed by atoms with Gasteiger partial charge in [-0.3, -0.25) is 57.5 Å². The van der Waals surface area contributed by atoms with Crippen molar-refractivity contribution < 1.29 is 93.0 Å². The van der Waals surface area contributed by atoms with E-state index >= 15 is 0 Å². The number of H-pyrrole nitrogens is 1. The minimum absolute atomic E-state index is 0.0111. The SMILES string of the molecule is CSCC[C@H](NC(=O)[C@H](CO)NC(=O)[C@@H]1CCCN1C(=O)[C@H](CO)NC(=O)[C@@H](NC(=O)[C@H](Cc1ccc(O)cc1)NC(=O)[C@@H](N)CC(C)C)[C@@H](C)O)C(=O)N[C@@H](Cc1c[nH]c2ccccc12)C(=O)N[C@@H](CCC(=O)O)C(=O)N[C@@H](CC(N)=O)C(=O)N[C@@H](CC(C)C)C(=O)O. The number of para-hydroxylation sites is 1. The molecule has 1 saturated heterocycles. The van der Waals surface area contributed by atoms with Crippen LogP contribution < -0.4 is 59.3 Å². The Morgan fingerprint density at radius 1 is 0.617 bits per heavy atom. The van der Waals surface area contributed by atoms with Gasteiger partial charge in [-0.15, -0.1) is 0 Å². The molecule has 0 aliphatic carbocycles. The number of nitrogens with one attached hydrogen (secondary N) is 10. The van der Waals surface area contributed by atoms with Crippen molar-refractivity contribution in [1.29, 1.82) is 0 Å². The maximum Gasteiger partial charge on any atom is 0.326 e. The monoisotopic (exact) mass is 1340 g/mol. The van der Waals surface area contributed by atoms with Gasteiger partial charge in [0.1, 0.15) is 66.2 Å². The lowest BCUT2D eigenvalue weighted by Gasteiger charge is -2.30. The fraction of sp³-hybridized carbons (Fsp3) is 0.557. The van der Waals surface area contributed by atoms with Crippen LogP contribution in [-0.2, 0) is 75.2 Å². The van der Waals surface area contributed by atoms with E-state index in [1.807, 2.05) is 13.8 Å². The lowest BCUT2D eigenvalue weighted by Crippen LogP contribution is -2.62. The molecule has 33 heteroatoms. The molecule has 0 bridgehead atoms. The number of aliphatic hydroxyl groups excluding tert-OH is 3. The Hall–Kier alpha value is -8.92. The molecule has 2 heterocycles. The summed E-state index contributed by atoms with van der Waals surface area (Å²) >= 11 is 1.26. The number of phenolic OH excluding ortho intramolecular Hbond substituents is 1. The number of aliphatic hydroxyl groups is 3. The first-order chi connectivity index (χ1) is 44.4. The summed E-state index contributed by atoms with van der Waals surface area (Å²) in [5, 5.41) is 83.3. The number of carbonyl (C=O) groups is 13. The van der Waals surface area contributed by atoms with Crippen LogP contribution in [0.4, 0.5) is 0 Å². The van der Waals surface area contributed by atoms with Crippen LogP contribution >= 0.6 is 11.8 Å². The van der Waals surface area contributed by atoms with Gasteiger partial charge >= 0.3 is 11.9 Å². The highest BCUT2D eigenvalue weighted by Crippen LogP contribution is 2.22. The second kappa shape index (κ2) is 37.7. The van der Waals surface area contributed by atoms with Crippen LogP contribution in [0, 0.1) is 11.8 Å². The molecule has 20 N–H and O–H groups in total. The smallest absolute Gasteiger partial charge is 0.326 e. The van der Waals surface area contributed by atoms with Gasteiger partial charge in [0, 0.05) is 42.9 Å². The summed E-state index contributed by atoms with van der Waals surface area (Å²) in [5.41, 5.74) is 13.0. The van der Waals surface area contributed by atoms with Crippen LogP contribution in [0.1, 0.15) is 97.1 Å². The number of rotatable bonds is 39. The van der Waals surface area contributed by atoms with Gasteiger partial charge in [0.15, 0.2) is 0 Å². The number of aromatic amines is 1. The van der Waals surface area contributed by atoms with E-state index in [-0.39, 0.29) is 74.8 Å². The lowest BCUT2D eigenvalue weighted by atomic mass is 10.0. The maximum absolute atomic E-state index is 14.6. The highest BCUT2D eigenvalue weighted by molar-refractivity contribution is 7.98. The first kappa shape index (κ1) is 77.5. The molecule has 0 spiro atoms. The van der Waals surface area contributed by atoms with Crippen molar-refractivity contribution in [2.75, 3.05) is 31.8 Å². The van der Waals surface area contributed by atoms with Crippen LogP contribution in [-0.4, -0.2) is 222 Å². The molecule has 94 heavy (non-hydrogen) atoms. The summed E-state index contributed by atoms with van der Waals surface area (Å²) in [6, 6.07) is -4.73. The molecule has 32 nitrogen and oxygen atoms in total. The number of hydrogen-bond acceptors (Lipinski definition) is 19. The summed E-state index contributed by atoms with van der Waals surface area (Å²) in [5.74, 6) is -14.3. The van der Waals surface area contributed by atoms with Gasteiger partial charge in [-0.25, -0.2) is 4.79 Å². The molecule has 11 amide bonds. The van der Waals surface area contributed by atoms with Crippen molar-refractivity contribution in [3.63, 3.8) is 0 Å². The van der Waals surface area contributed by atoms with Crippen molar-refractivity contribution in [3.8, 4) is 5.75 Å². The molecule has 3 aromatic rings. The van der Waals surface area contributed by atoms with Gasteiger partial charge in [-0.1, -0.05) is 58.0 Å². The quantitative estimate of drug-likeness (QED) is 0.0262. The van der Waals surface area contributed by atoms with E-state index in [0.717, 1.165) is 11.8 Å². The second-order valence-electron chi connectivity index (χ2n) is 23.8. The minimum atomic E-state index is -1.80. The van der Waals surface area contributed by atoms with E-state index in [1.54, 1.807) is 50.6 Å². The van der Waals surface area contributed by atoms with Gasteiger partial charge in [-0.2, -0.15) is 11.8 Å². The number of nitrogens with zero attached hydrogens (tertiary/aromatic N) is 1. The zero-order valence-corrected chi connectivity index (χ0v) is 54.0. The minimum Gasteiger partial charge on any atom is -0.508 e. The Kier molecular flexibility index (Phi) is 31.1. The summed E-state index contributed by atoms with van der Waals surface area (Å²) in [4.78, 5) is 180. The highest BCUT2D eigenvalue weighted by atomic mass is 32.2. The Balaban J connectivity index is 1.54. The van der Waals surface area contributed by atoms with E-state index in [1.165, 1.54) is 36.0 Å². The number of nitrogens with two attached hydrogens (primary N) is 2. The van der Waals surface area contributed by atoms with E-state index in [4.69, 9.17) is 11.5 Å². The average molecular weight is 1340 g/mol. The standard InChI is InChI=1S/C61H89N13O19S/c1-30(2)22-37(62)51(82)67-41(24-33-13-15-35(78)16-14-33)56(87)73-50(32(5)77)59(90)72-46(29-76)60(91)74-20-9-12-47(74)58(89)71-45(28-75)57(88)66-40(19-21-94-6)53(84)68-42(25-34-27-64-38-11-8-7-10-36(34)38)54(85)65-39(17-18-49(80)81)52(83)69-43(26-48(63)79)55(86)70-44(61(92)93)23-31(3)4/h7-8,10-11,13-16,27,30-32,37,39-47,50,64,75-78H,9,12,17-26,28-29,62H2,1-6H3,(H2,63,79)(H,65,85)(H,66,88)(H,67,82)(H,68,84)(H,69,83)(H,70,86)(H,71,89)(H,72,90)(H,73,87)(H,80,81)(H,92,93)/t32-,37+,39+,40+,41+,42+,43+,44+,45+,46+,47+,50+/m1/s1. The first-order valence-electron chi connectivity index (χ1n) is 30.6. The summed E-state index contributed by atoms with van der Waals surface area (Å²) in [7, 11) is 0. The fourth-order valence-corrected chi connectivity index (χ4v) is 10.7. The lowest BCUT2D eigenvalue weighted by molar-refractivity contribution is -0.144. The summed E-state index contributed by atoms with van der Waals surface area (Å²) in [6.07, 6.45) is -0.766. The molecule has 1 fully saturated rings. The number of amides is 11. The van der Waals surface area contributed by atoms with Crippen LogP contribution in [0.15, 0.2) is 54.7 Å². The fourth-order valence-electron chi connectivity index (χ4n) is 10.3. The van der Waals surface area contributed by atoms with Crippen molar-refractivity contribution in [2.24, 2.45) is 23.3 Å². The van der Waals surface area contributed by atoms with Crippen LogP contribution in [0.2, 0.25) is 0 Å². The first-order valence-corrected chi connectivity index (χ1v) is 32.0. The van der Waals surface area contributed by atoms with Crippen molar-refractivity contribution in [3.05, 3.63) is 65.9 Å². The number of carboxylic acid groups (broad SMARTS) is 2. The normalized spacial score (nSPS) is 16.5. The number of carbonyl (C=O) groups excluding carboxylic acids is 11. The van der Waals surface area contributed by atoms with Crippen molar-refractivity contribution >= 4 is 99.6 Å². The molecule has 1 aliphatic rings. The Morgan fingerprint density at radius 3 is 1.71 bits per heavy atom. The number of fused-ring (bicyclic) bond motifs is 1. The topological polar surface area (TPSA) is 523 Å². The Morgan fingerprint density at radius 2 is 1.14 bits per heavy atom. The number of likely N-dealkylation sites (tertiary alicyclic amines) is 1. The predicted octanol–water partition coefficient (Wildman–Crippen LogP) is -3.62. The van der Waals surface area contributed by atoms with Gasteiger partial charge in [-0.05, 0) is 98.6 Å². The Bertz CT molecular complexity index is 3150. The molecule has 0 radical (unpaired) electrons. The predicted molar refractivity (Wildman–Crippen MR) is 340 cm³/mol. The molecule has 12 atom stereocenters. The highest BCUT2D eigenvalue weighted by Gasteiger charge is 2.41. The zero-order valence-electron chi connectivity index (χ0n) is 53.2. The van der Waals surface area contributed by atoms with E-state index in [2.05, 4.69) is 52.8 Å². The Labute approximate surface area is 546 Å². The molecule has 0 saturated carbocycles. The number of carboxylic acids is 2. The van der Waals surface area contributed by atoms with E-state index in [9.17, 15) is 93.0 Å². The van der Waals surface area contributed by atoms with Crippen LogP contribution in [0.5, 0.6) is 5.75 Å². The van der Waals surface area contributed by atoms with E-state index < -0.39 is 182 Å². The third-order valence-corrected chi connectivity index (χ3v) is 15.8. The number of thioether (sulfide) groups is 1. The zero-order chi connectivity index (χ0) is 70.1. The average Bonchev–Trinajstić information content (AvgIpc) is 1.61. The van der Waals surface area contributed by atoms with Gasteiger partial charge < -0.3 is 99.8 Å². The summed E-state index contributed by atoms with van der Waals surface area (Å²) in [6.45, 7) is 6.00. The number of phenols is 1.